The van der Waals surface area contributed by atoms with Crippen molar-refractivity contribution in [1.29, 1.82) is 0 Å². The van der Waals surface area contributed by atoms with Crippen LogP contribution in [0.2, 0.25) is 0 Å². The molecule has 0 amide bonds. The van der Waals surface area contributed by atoms with E-state index in [0.29, 0.717) is 0 Å². The van der Waals surface area contributed by atoms with Gasteiger partial charge in [0.2, 0.25) is 0 Å². The van der Waals surface area contributed by atoms with Gasteiger partial charge in [0.1, 0.15) is 5.92 Å². The first-order valence-electron chi connectivity index (χ1n) is 7.54. The summed E-state index contributed by atoms with van der Waals surface area (Å²) < 4.78 is 92.5. The third-order valence-corrected chi connectivity index (χ3v) is 4.91. The van der Waals surface area contributed by atoms with Crippen molar-refractivity contribution in [1.82, 2.24) is 0 Å². The molecule has 0 radical (unpaired) electrons. The number of hydrogen-bond acceptors (Lipinski definition) is 4. The number of halogens is 7. The fourth-order valence-corrected chi connectivity index (χ4v) is 3.33. The van der Waals surface area contributed by atoms with Gasteiger partial charge in [-0.1, -0.05) is 42.1 Å². The Balaban J connectivity index is 3.21. The van der Waals surface area contributed by atoms with Gasteiger partial charge in [-0.25, -0.2) is 0 Å². The second kappa shape index (κ2) is 9.31. The molecule has 0 saturated carbocycles. The van der Waals surface area contributed by atoms with Crippen LogP contribution in [0, 0.1) is 5.92 Å². The monoisotopic (exact) mass is 436 g/mol. The lowest BCUT2D eigenvalue weighted by Crippen LogP contribution is -2.57. The van der Waals surface area contributed by atoms with Crippen molar-refractivity contribution in [2.24, 2.45) is 5.92 Å². The van der Waals surface area contributed by atoms with E-state index in [1.54, 1.807) is 0 Å². The van der Waals surface area contributed by atoms with Gasteiger partial charge < -0.3 is 0 Å². The molecule has 11 heteroatoms. The van der Waals surface area contributed by atoms with Crippen molar-refractivity contribution in [3.8, 4) is 0 Å². The molecule has 0 bridgehead atoms. The molecular formula is C16H15F7O2S2. The number of Topliss-reactive ketones (excluding diaryl/α,β-unsaturated/α-hetero) is 1. The van der Waals surface area contributed by atoms with Crippen molar-refractivity contribution in [3.63, 3.8) is 0 Å². The summed E-state index contributed by atoms with van der Waals surface area (Å²) in [6.07, 6.45) is -7.82. The average molecular weight is 436 g/mol. The highest BCUT2D eigenvalue weighted by Gasteiger charge is 2.76. The molecule has 1 rings (SSSR count). The summed E-state index contributed by atoms with van der Waals surface area (Å²) in [7, 11) is 0. The maximum atomic E-state index is 14.1. The van der Waals surface area contributed by atoms with Gasteiger partial charge in [-0.2, -0.15) is 43.4 Å². The summed E-state index contributed by atoms with van der Waals surface area (Å²) in [6, 6.07) is 6.55. The minimum absolute atomic E-state index is 0.105. The molecule has 0 aliphatic rings. The summed E-state index contributed by atoms with van der Waals surface area (Å²) in [5, 5.41) is -1.60. The zero-order valence-corrected chi connectivity index (χ0v) is 15.3. The molecular weight excluding hydrogens is 421 g/mol. The molecule has 0 aliphatic heterocycles. The van der Waals surface area contributed by atoms with Crippen molar-refractivity contribution in [3.05, 3.63) is 35.9 Å². The van der Waals surface area contributed by atoms with Crippen LogP contribution in [0.15, 0.2) is 30.3 Å². The van der Waals surface area contributed by atoms with Gasteiger partial charge in [0.05, 0.1) is 0 Å². The number of hydrogen-bond donors (Lipinski definition) is 1. The molecule has 2 nitrogen and oxygen atoms in total. The first kappa shape index (κ1) is 23.8. The maximum Gasteiger partial charge on any atom is 0.459 e. The Morgan fingerprint density at radius 3 is 2.04 bits per heavy atom. The van der Waals surface area contributed by atoms with Gasteiger partial charge in [0, 0.05) is 17.7 Å². The lowest BCUT2D eigenvalue weighted by Gasteiger charge is -2.33. The number of carbonyl (C=O) groups excluding carboxylic acids is 2. The highest BCUT2D eigenvalue weighted by atomic mass is 32.2. The van der Waals surface area contributed by atoms with Gasteiger partial charge in [-0.05, 0) is 12.2 Å². The molecule has 27 heavy (non-hydrogen) atoms. The summed E-state index contributed by atoms with van der Waals surface area (Å²) >= 11 is 4.00. The second-order valence-corrected chi connectivity index (χ2v) is 7.03. The molecule has 0 N–H and O–H groups in total. The topological polar surface area (TPSA) is 34.1 Å². The van der Waals surface area contributed by atoms with Crippen LogP contribution in [0.1, 0.15) is 23.2 Å². The third kappa shape index (κ3) is 5.63. The maximum absolute atomic E-state index is 14.1. The minimum Gasteiger partial charge on any atom is -0.294 e. The average Bonchev–Trinajstić information content (AvgIpc) is 2.59. The molecule has 1 aromatic carbocycles. The van der Waals surface area contributed by atoms with Crippen LogP contribution in [0.5, 0.6) is 0 Å². The van der Waals surface area contributed by atoms with Crippen molar-refractivity contribution >= 4 is 35.3 Å². The van der Waals surface area contributed by atoms with Crippen LogP contribution >= 0.6 is 24.4 Å². The van der Waals surface area contributed by atoms with E-state index in [9.17, 15) is 40.3 Å². The van der Waals surface area contributed by atoms with E-state index in [2.05, 4.69) is 12.6 Å². The molecule has 0 fully saturated rings. The summed E-state index contributed by atoms with van der Waals surface area (Å²) in [6.45, 7) is 0. The number of alkyl halides is 7. The van der Waals surface area contributed by atoms with E-state index in [4.69, 9.17) is 0 Å². The molecule has 0 aromatic heterocycles. The van der Waals surface area contributed by atoms with E-state index in [-0.39, 0.29) is 35.3 Å². The normalized spacial score (nSPS) is 14.1. The van der Waals surface area contributed by atoms with Gasteiger partial charge in [0.25, 0.3) is 0 Å². The summed E-state index contributed by atoms with van der Waals surface area (Å²) in [5.74, 6) is -16.4. The Kier molecular flexibility index (Phi) is 8.21. The summed E-state index contributed by atoms with van der Waals surface area (Å²) in [4.78, 5) is 24.1. The van der Waals surface area contributed by atoms with Crippen LogP contribution in [-0.4, -0.2) is 40.4 Å². The van der Waals surface area contributed by atoms with E-state index in [1.807, 2.05) is 0 Å². The van der Waals surface area contributed by atoms with Gasteiger partial charge in [0.15, 0.2) is 10.9 Å². The van der Waals surface area contributed by atoms with Crippen LogP contribution < -0.4 is 0 Å². The molecule has 1 aromatic rings. The largest absolute Gasteiger partial charge is 0.459 e. The smallest absolute Gasteiger partial charge is 0.294 e. The number of carbonyl (C=O) groups is 2. The molecule has 152 valence electrons. The van der Waals surface area contributed by atoms with E-state index in [0.717, 1.165) is 0 Å². The predicted molar refractivity (Wildman–Crippen MR) is 90.8 cm³/mol. The number of rotatable bonds is 9. The standard InChI is InChI=1S/C16H15F7O2S2/c17-14(18,15(19,20)16(21,22)23)11(13(25)27-8-4-7-26)9-12(24)10-5-2-1-3-6-10/h1-3,5-6,11,26H,4,7-9H2. The van der Waals surface area contributed by atoms with Crippen LogP contribution in [-0.2, 0) is 4.79 Å². The van der Waals surface area contributed by atoms with Crippen molar-refractivity contribution in [2.75, 3.05) is 11.5 Å². The zero-order chi connectivity index (χ0) is 20.9. The van der Waals surface area contributed by atoms with Crippen molar-refractivity contribution < 1.29 is 40.3 Å². The van der Waals surface area contributed by atoms with Crippen LogP contribution in [0.3, 0.4) is 0 Å². The lowest BCUT2D eigenvalue weighted by molar-refractivity contribution is -0.362. The first-order chi connectivity index (χ1) is 12.4. The number of thioether (sulfide) groups is 1. The Bertz CT molecular complexity index is 648. The Morgan fingerprint density at radius 2 is 1.56 bits per heavy atom. The molecule has 0 heterocycles. The van der Waals surface area contributed by atoms with Gasteiger partial charge in [-0.15, -0.1) is 0 Å². The number of benzene rings is 1. The molecule has 0 aliphatic carbocycles. The Morgan fingerprint density at radius 1 is 1.00 bits per heavy atom. The highest BCUT2D eigenvalue weighted by Crippen LogP contribution is 2.51. The minimum atomic E-state index is -6.58. The summed E-state index contributed by atoms with van der Waals surface area (Å²) in [5.41, 5.74) is -0.179. The van der Waals surface area contributed by atoms with Crippen molar-refractivity contribution in [2.45, 2.75) is 30.9 Å². The molecule has 1 atom stereocenters. The van der Waals surface area contributed by atoms with Gasteiger partial charge in [-0.3, -0.25) is 9.59 Å². The van der Waals surface area contributed by atoms with Crippen LogP contribution in [0.4, 0.5) is 30.7 Å². The fraction of sp³-hybridized carbons (Fsp3) is 0.500. The SMILES string of the molecule is O=C(CC(C(=O)SCCCS)C(F)(F)C(F)(F)C(F)(F)F)c1ccccc1. The quantitative estimate of drug-likeness (QED) is 0.247. The predicted octanol–water partition coefficient (Wildman–Crippen LogP) is 5.29. The zero-order valence-electron chi connectivity index (χ0n) is 13.6. The highest BCUT2D eigenvalue weighted by molar-refractivity contribution is 8.13. The molecule has 0 saturated heterocycles. The Hall–Kier alpha value is -1.23. The van der Waals surface area contributed by atoms with E-state index < -0.39 is 41.3 Å². The lowest BCUT2D eigenvalue weighted by atomic mass is 9.89. The number of ketones is 1. The second-order valence-electron chi connectivity index (χ2n) is 5.49. The van der Waals surface area contributed by atoms with E-state index >= 15 is 0 Å². The fourth-order valence-electron chi connectivity index (χ4n) is 2.03. The first-order valence-corrected chi connectivity index (χ1v) is 9.16. The third-order valence-electron chi connectivity index (χ3n) is 3.53. The Labute approximate surface area is 160 Å². The molecule has 1 unspecified atom stereocenters. The van der Waals surface area contributed by atoms with Gasteiger partial charge >= 0.3 is 18.0 Å². The molecule has 0 spiro atoms. The van der Waals surface area contributed by atoms with E-state index in [1.165, 1.54) is 30.3 Å². The number of thiol groups is 1. The van der Waals surface area contributed by atoms with Crippen LogP contribution in [0.25, 0.3) is 0 Å².